The molecule has 0 aliphatic rings. The summed E-state index contributed by atoms with van der Waals surface area (Å²) in [6.45, 7) is 0. The molecule has 1 heterocycles. The van der Waals surface area contributed by atoms with E-state index in [2.05, 4.69) is 75.0 Å². The number of benzene rings is 2. The summed E-state index contributed by atoms with van der Waals surface area (Å²) in [4.78, 5) is 7.50. The molecular formula is C15H11IN2. The molecular weight excluding hydrogens is 335 g/mol. The lowest BCUT2D eigenvalue weighted by Gasteiger charge is -2.08. The van der Waals surface area contributed by atoms with Crippen LogP contribution in [0.25, 0.3) is 22.5 Å². The monoisotopic (exact) mass is 346 g/mol. The number of rotatable bonds is 2. The van der Waals surface area contributed by atoms with E-state index in [0.29, 0.717) is 0 Å². The van der Waals surface area contributed by atoms with Gasteiger partial charge in [0.15, 0.2) is 0 Å². The molecule has 3 heteroatoms. The van der Waals surface area contributed by atoms with Gasteiger partial charge in [-0.3, -0.25) is 0 Å². The number of aromatic amines is 1. The molecule has 0 saturated carbocycles. The summed E-state index contributed by atoms with van der Waals surface area (Å²) in [6.07, 6.45) is 3.63. The zero-order valence-electron chi connectivity index (χ0n) is 9.60. The Morgan fingerprint density at radius 3 is 2.50 bits per heavy atom. The van der Waals surface area contributed by atoms with E-state index in [1.165, 1.54) is 14.7 Å². The maximum absolute atomic E-state index is 4.34. The number of halogens is 1. The molecule has 0 radical (unpaired) electrons. The summed E-state index contributed by atoms with van der Waals surface area (Å²) in [5.41, 5.74) is 3.55. The first-order valence-electron chi connectivity index (χ1n) is 5.69. The number of hydrogen-bond donors (Lipinski definition) is 1. The predicted octanol–water partition coefficient (Wildman–Crippen LogP) is 4.35. The van der Waals surface area contributed by atoms with E-state index in [9.17, 15) is 0 Å². The minimum absolute atomic E-state index is 0.907. The summed E-state index contributed by atoms with van der Waals surface area (Å²) in [5, 5.41) is 0. The van der Waals surface area contributed by atoms with Crippen LogP contribution in [0, 0.1) is 3.57 Å². The Kier molecular flexibility index (Phi) is 3.15. The van der Waals surface area contributed by atoms with Crippen molar-refractivity contribution in [2.24, 2.45) is 0 Å². The fraction of sp³-hybridized carbons (Fsp3) is 0. The van der Waals surface area contributed by atoms with Crippen LogP contribution in [0.1, 0.15) is 0 Å². The second-order valence-electron chi connectivity index (χ2n) is 3.99. The average Bonchev–Trinajstić information content (AvgIpc) is 2.92. The molecule has 0 amide bonds. The number of hydrogen-bond acceptors (Lipinski definition) is 1. The van der Waals surface area contributed by atoms with Gasteiger partial charge in [-0.25, -0.2) is 4.98 Å². The average molecular weight is 346 g/mol. The summed E-state index contributed by atoms with van der Waals surface area (Å²) in [6, 6.07) is 16.8. The molecule has 88 valence electrons. The van der Waals surface area contributed by atoms with Crippen molar-refractivity contribution in [2.75, 3.05) is 0 Å². The van der Waals surface area contributed by atoms with E-state index in [4.69, 9.17) is 0 Å². The molecule has 0 aliphatic heterocycles. The van der Waals surface area contributed by atoms with Crippen molar-refractivity contribution in [3.8, 4) is 22.5 Å². The molecule has 1 N–H and O–H groups in total. The zero-order valence-corrected chi connectivity index (χ0v) is 11.8. The van der Waals surface area contributed by atoms with E-state index in [-0.39, 0.29) is 0 Å². The summed E-state index contributed by atoms with van der Waals surface area (Å²) in [5.74, 6) is 0.907. The van der Waals surface area contributed by atoms with Crippen LogP contribution >= 0.6 is 22.6 Å². The van der Waals surface area contributed by atoms with Gasteiger partial charge in [0.05, 0.1) is 0 Å². The van der Waals surface area contributed by atoms with Crippen molar-refractivity contribution in [1.29, 1.82) is 0 Å². The fourth-order valence-electron chi connectivity index (χ4n) is 2.01. The summed E-state index contributed by atoms with van der Waals surface area (Å²) >= 11 is 2.33. The first kappa shape index (κ1) is 11.5. The van der Waals surface area contributed by atoms with Crippen molar-refractivity contribution in [2.45, 2.75) is 0 Å². The Hall–Kier alpha value is -1.62. The zero-order chi connectivity index (χ0) is 12.4. The second kappa shape index (κ2) is 4.94. The number of imidazole rings is 1. The number of nitrogens with zero attached hydrogens (tertiary/aromatic N) is 1. The van der Waals surface area contributed by atoms with Crippen molar-refractivity contribution in [3.05, 3.63) is 64.5 Å². The molecule has 0 saturated heterocycles. The first-order valence-corrected chi connectivity index (χ1v) is 6.77. The molecule has 0 aliphatic carbocycles. The Balaban J connectivity index is 2.18. The van der Waals surface area contributed by atoms with Crippen molar-refractivity contribution in [1.82, 2.24) is 9.97 Å². The third-order valence-electron chi connectivity index (χ3n) is 2.82. The third-order valence-corrected chi connectivity index (χ3v) is 3.49. The topological polar surface area (TPSA) is 28.7 Å². The Bertz CT molecular complexity index is 660. The van der Waals surface area contributed by atoms with Crippen LogP contribution in [0.5, 0.6) is 0 Å². The van der Waals surface area contributed by atoms with Gasteiger partial charge in [-0.15, -0.1) is 0 Å². The Morgan fingerprint density at radius 2 is 1.78 bits per heavy atom. The lowest BCUT2D eigenvalue weighted by molar-refractivity contribution is 1.31. The predicted molar refractivity (Wildman–Crippen MR) is 82.2 cm³/mol. The Labute approximate surface area is 119 Å². The van der Waals surface area contributed by atoms with E-state index in [1.807, 2.05) is 12.3 Å². The molecule has 0 spiro atoms. The van der Waals surface area contributed by atoms with Gasteiger partial charge in [0, 0.05) is 21.5 Å². The smallest absolute Gasteiger partial charge is 0.137 e. The Morgan fingerprint density at radius 1 is 0.944 bits per heavy atom. The summed E-state index contributed by atoms with van der Waals surface area (Å²) < 4.78 is 1.24. The normalized spacial score (nSPS) is 10.5. The lowest BCUT2D eigenvalue weighted by Crippen LogP contribution is -1.87. The van der Waals surface area contributed by atoms with E-state index in [0.717, 1.165) is 11.4 Å². The number of aromatic nitrogens is 2. The number of H-pyrrole nitrogens is 1. The number of nitrogens with one attached hydrogen (secondary N) is 1. The highest BCUT2D eigenvalue weighted by molar-refractivity contribution is 14.1. The van der Waals surface area contributed by atoms with Crippen LogP contribution in [0.3, 0.4) is 0 Å². The van der Waals surface area contributed by atoms with Gasteiger partial charge in [-0.2, -0.15) is 0 Å². The first-order chi connectivity index (χ1) is 8.84. The molecule has 0 bridgehead atoms. The van der Waals surface area contributed by atoms with Gasteiger partial charge in [-0.1, -0.05) is 36.4 Å². The molecule has 0 atom stereocenters. The van der Waals surface area contributed by atoms with Gasteiger partial charge in [0.2, 0.25) is 0 Å². The molecule has 2 aromatic carbocycles. The van der Waals surface area contributed by atoms with Crippen molar-refractivity contribution in [3.63, 3.8) is 0 Å². The molecule has 1 aromatic heterocycles. The highest BCUT2D eigenvalue weighted by Crippen LogP contribution is 2.30. The van der Waals surface area contributed by atoms with Crippen LogP contribution in [-0.2, 0) is 0 Å². The second-order valence-corrected chi connectivity index (χ2v) is 5.24. The van der Waals surface area contributed by atoms with E-state index < -0.39 is 0 Å². The van der Waals surface area contributed by atoms with Gasteiger partial charge in [0.1, 0.15) is 5.82 Å². The largest absolute Gasteiger partial charge is 0.345 e. The van der Waals surface area contributed by atoms with Gasteiger partial charge in [-0.05, 0) is 45.9 Å². The highest BCUT2D eigenvalue weighted by atomic mass is 127. The SMILES string of the molecule is Ic1cccc(-c2ccccc2-c2ncc[nH]2)c1. The summed E-state index contributed by atoms with van der Waals surface area (Å²) in [7, 11) is 0. The third kappa shape index (κ3) is 2.18. The molecule has 0 unspecified atom stereocenters. The van der Waals surface area contributed by atoms with Crippen molar-refractivity contribution < 1.29 is 0 Å². The van der Waals surface area contributed by atoms with Gasteiger partial charge < -0.3 is 4.98 Å². The van der Waals surface area contributed by atoms with Crippen LogP contribution in [0.15, 0.2) is 60.9 Å². The maximum atomic E-state index is 4.34. The van der Waals surface area contributed by atoms with Crippen LogP contribution in [0.2, 0.25) is 0 Å². The van der Waals surface area contributed by atoms with Crippen LogP contribution in [0.4, 0.5) is 0 Å². The minimum Gasteiger partial charge on any atom is -0.345 e. The van der Waals surface area contributed by atoms with Crippen molar-refractivity contribution >= 4 is 22.6 Å². The van der Waals surface area contributed by atoms with E-state index in [1.54, 1.807) is 6.20 Å². The minimum atomic E-state index is 0.907. The maximum Gasteiger partial charge on any atom is 0.137 e. The molecule has 3 aromatic rings. The molecule has 18 heavy (non-hydrogen) atoms. The van der Waals surface area contributed by atoms with E-state index >= 15 is 0 Å². The highest BCUT2D eigenvalue weighted by Gasteiger charge is 2.08. The molecule has 2 nitrogen and oxygen atoms in total. The quantitative estimate of drug-likeness (QED) is 0.687. The molecule has 0 fully saturated rings. The van der Waals surface area contributed by atoms with Gasteiger partial charge >= 0.3 is 0 Å². The van der Waals surface area contributed by atoms with Crippen LogP contribution < -0.4 is 0 Å². The fourth-order valence-corrected chi connectivity index (χ4v) is 2.55. The van der Waals surface area contributed by atoms with Gasteiger partial charge in [0.25, 0.3) is 0 Å². The van der Waals surface area contributed by atoms with Crippen LogP contribution in [-0.4, -0.2) is 9.97 Å². The molecule has 3 rings (SSSR count). The lowest BCUT2D eigenvalue weighted by atomic mass is 9.99. The standard InChI is InChI=1S/C15H11IN2/c16-12-5-3-4-11(10-12)13-6-1-2-7-14(13)15-17-8-9-18-15/h1-10H,(H,17,18).